The number of aliphatic hydroxyl groups is 1. The number of hydrogen-bond acceptors (Lipinski definition) is 8. The topological polar surface area (TPSA) is 102 Å². The largest absolute Gasteiger partial charge is 0.494 e. The molecule has 1 fully saturated rings. The summed E-state index contributed by atoms with van der Waals surface area (Å²) in [6, 6.07) is 8.09. The van der Waals surface area contributed by atoms with Crippen LogP contribution in [0, 0.1) is 6.92 Å². The van der Waals surface area contributed by atoms with Gasteiger partial charge in [0.25, 0.3) is 0 Å². The van der Waals surface area contributed by atoms with Gasteiger partial charge in [0, 0.05) is 55.0 Å². The number of aryl methyl sites for hydroxylation is 2. The first kappa shape index (κ1) is 22.2. The van der Waals surface area contributed by atoms with Gasteiger partial charge in [0.15, 0.2) is 11.6 Å². The Hall–Kier alpha value is -3.59. The number of anilines is 1. The summed E-state index contributed by atoms with van der Waals surface area (Å²) in [7, 11) is 1.92. The quantitative estimate of drug-likeness (QED) is 0.469. The molecule has 0 atom stereocenters. The molecule has 1 saturated heterocycles. The van der Waals surface area contributed by atoms with Crippen molar-refractivity contribution in [1.29, 1.82) is 0 Å². The summed E-state index contributed by atoms with van der Waals surface area (Å²) in [5.74, 6) is 3.16. The van der Waals surface area contributed by atoms with Gasteiger partial charge in [0.1, 0.15) is 23.4 Å². The average molecular weight is 460 g/mol. The zero-order valence-corrected chi connectivity index (χ0v) is 19.8. The zero-order chi connectivity index (χ0) is 23.7. The molecule has 34 heavy (non-hydrogen) atoms. The molecule has 9 heteroatoms. The molecule has 1 aromatic carbocycles. The molecule has 9 nitrogen and oxygen atoms in total. The van der Waals surface area contributed by atoms with Gasteiger partial charge < -0.3 is 19.3 Å². The second kappa shape index (κ2) is 9.34. The Morgan fingerprint density at radius 3 is 2.71 bits per heavy atom. The molecular formula is C25H29N7O2. The number of hydrogen-bond donors (Lipinski definition) is 1. The maximum absolute atomic E-state index is 9.92. The highest BCUT2D eigenvalue weighted by Gasteiger charge is 2.21. The highest BCUT2D eigenvalue weighted by atomic mass is 16.5. The Morgan fingerprint density at radius 1 is 1.15 bits per heavy atom. The van der Waals surface area contributed by atoms with Crippen LogP contribution in [0.15, 0.2) is 36.8 Å². The van der Waals surface area contributed by atoms with Crippen LogP contribution >= 0.6 is 0 Å². The minimum atomic E-state index is -0.237. The fourth-order valence-corrected chi connectivity index (χ4v) is 4.42. The van der Waals surface area contributed by atoms with E-state index in [2.05, 4.69) is 20.1 Å². The van der Waals surface area contributed by atoms with Crippen LogP contribution in [0.5, 0.6) is 5.75 Å². The molecular weight excluding hydrogens is 430 g/mol. The van der Waals surface area contributed by atoms with Crippen molar-refractivity contribution in [3.63, 3.8) is 0 Å². The molecule has 1 N–H and O–H groups in total. The van der Waals surface area contributed by atoms with E-state index in [1.54, 1.807) is 6.33 Å². The lowest BCUT2D eigenvalue weighted by Gasteiger charge is -2.31. The molecule has 0 radical (unpaired) electrons. The maximum Gasteiger partial charge on any atom is 0.163 e. The van der Waals surface area contributed by atoms with E-state index < -0.39 is 0 Å². The van der Waals surface area contributed by atoms with Crippen LogP contribution in [0.25, 0.3) is 22.3 Å². The minimum absolute atomic E-state index is 0.237. The number of benzene rings is 1. The molecule has 5 rings (SSSR count). The summed E-state index contributed by atoms with van der Waals surface area (Å²) in [6.07, 6.45) is 5.34. The number of pyridine rings is 1. The first-order valence-corrected chi connectivity index (χ1v) is 11.7. The van der Waals surface area contributed by atoms with Crippen molar-refractivity contribution in [1.82, 2.24) is 29.7 Å². The second-order valence-corrected chi connectivity index (χ2v) is 8.73. The van der Waals surface area contributed by atoms with Crippen molar-refractivity contribution in [2.24, 2.45) is 7.05 Å². The van der Waals surface area contributed by atoms with E-state index in [9.17, 15) is 5.11 Å². The van der Waals surface area contributed by atoms with Crippen molar-refractivity contribution in [2.75, 3.05) is 24.6 Å². The number of ether oxygens (including phenoxy) is 1. The number of rotatable bonds is 6. The molecule has 0 unspecified atom stereocenters. The van der Waals surface area contributed by atoms with Crippen LogP contribution in [0.4, 0.5) is 5.82 Å². The number of aliphatic hydroxyl groups excluding tert-OH is 1. The smallest absolute Gasteiger partial charge is 0.163 e. The Labute approximate surface area is 198 Å². The molecule has 1 aliphatic rings. The molecule has 0 saturated carbocycles. The van der Waals surface area contributed by atoms with Gasteiger partial charge in [-0.1, -0.05) is 12.1 Å². The van der Waals surface area contributed by atoms with Crippen molar-refractivity contribution >= 4 is 16.7 Å². The van der Waals surface area contributed by atoms with Gasteiger partial charge in [-0.2, -0.15) is 0 Å². The summed E-state index contributed by atoms with van der Waals surface area (Å²) in [5.41, 5.74) is 3.74. The molecule has 1 aliphatic heterocycles. The van der Waals surface area contributed by atoms with E-state index in [1.165, 1.54) is 0 Å². The Balaban J connectivity index is 1.49. The van der Waals surface area contributed by atoms with Gasteiger partial charge in [-0.3, -0.25) is 0 Å². The van der Waals surface area contributed by atoms with Crippen LogP contribution in [-0.2, 0) is 13.5 Å². The second-order valence-electron chi connectivity index (χ2n) is 8.73. The molecule has 0 amide bonds. The SMILES string of the molecule is CCOc1cc(-c2nncn2C)ccc1Cc1ncc2cc(C)nc(N3CCC(O)CC3)c2n1. The molecule has 176 valence electrons. The van der Waals surface area contributed by atoms with Gasteiger partial charge in [0.05, 0.1) is 12.7 Å². The lowest BCUT2D eigenvalue weighted by atomic mass is 10.1. The number of piperidine rings is 1. The van der Waals surface area contributed by atoms with E-state index >= 15 is 0 Å². The van der Waals surface area contributed by atoms with Crippen molar-refractivity contribution in [2.45, 2.75) is 39.2 Å². The first-order chi connectivity index (χ1) is 16.5. The minimum Gasteiger partial charge on any atom is -0.494 e. The molecule has 4 heterocycles. The lowest BCUT2D eigenvalue weighted by Crippen LogP contribution is -2.36. The summed E-state index contributed by atoms with van der Waals surface area (Å²) in [6.45, 7) is 6.06. The third kappa shape index (κ3) is 4.43. The monoisotopic (exact) mass is 459 g/mol. The average Bonchev–Trinajstić information content (AvgIpc) is 3.26. The Morgan fingerprint density at radius 2 is 1.97 bits per heavy atom. The van der Waals surface area contributed by atoms with Crippen molar-refractivity contribution in [3.8, 4) is 17.1 Å². The van der Waals surface area contributed by atoms with Crippen molar-refractivity contribution in [3.05, 3.63) is 53.9 Å². The van der Waals surface area contributed by atoms with E-state index in [-0.39, 0.29) is 6.10 Å². The number of nitrogens with zero attached hydrogens (tertiary/aromatic N) is 7. The standard InChI is InChI=1S/C25H29N7O2/c1-4-34-21-12-18(24-30-27-15-31(24)3)6-5-17(21)13-22-26-14-19-11-16(2)28-25(23(19)29-22)32-9-7-20(33)8-10-32/h5-6,11-12,14-15,20,33H,4,7-10,13H2,1-3H3. The third-order valence-electron chi connectivity index (χ3n) is 6.17. The third-order valence-corrected chi connectivity index (χ3v) is 6.17. The molecule has 0 bridgehead atoms. The van der Waals surface area contributed by atoms with Crippen LogP contribution < -0.4 is 9.64 Å². The normalized spacial score (nSPS) is 14.6. The van der Waals surface area contributed by atoms with Gasteiger partial charge in [-0.25, -0.2) is 15.0 Å². The first-order valence-electron chi connectivity index (χ1n) is 11.7. The highest BCUT2D eigenvalue weighted by molar-refractivity contribution is 5.88. The van der Waals surface area contributed by atoms with Crippen LogP contribution in [0.1, 0.15) is 36.8 Å². The molecule has 0 spiro atoms. The number of fused-ring (bicyclic) bond motifs is 1. The molecule has 3 aromatic heterocycles. The predicted octanol–water partition coefficient (Wildman–Crippen LogP) is 3.08. The van der Waals surface area contributed by atoms with Gasteiger partial charge >= 0.3 is 0 Å². The van der Waals surface area contributed by atoms with Crippen LogP contribution in [-0.4, -0.2) is 60.6 Å². The Bertz CT molecular complexity index is 1310. The fourth-order valence-electron chi connectivity index (χ4n) is 4.42. The van der Waals surface area contributed by atoms with E-state index in [0.717, 1.165) is 71.0 Å². The predicted molar refractivity (Wildman–Crippen MR) is 130 cm³/mol. The van der Waals surface area contributed by atoms with Gasteiger partial charge in [-0.15, -0.1) is 10.2 Å². The molecule has 4 aromatic rings. The zero-order valence-electron chi connectivity index (χ0n) is 19.8. The van der Waals surface area contributed by atoms with Gasteiger partial charge in [-0.05, 0) is 38.8 Å². The summed E-state index contributed by atoms with van der Waals surface area (Å²) >= 11 is 0. The molecule has 0 aliphatic carbocycles. The summed E-state index contributed by atoms with van der Waals surface area (Å²) in [4.78, 5) is 16.6. The van der Waals surface area contributed by atoms with E-state index in [0.29, 0.717) is 18.9 Å². The summed E-state index contributed by atoms with van der Waals surface area (Å²) < 4.78 is 7.84. The number of aromatic nitrogens is 6. The van der Waals surface area contributed by atoms with E-state index in [1.807, 2.05) is 55.9 Å². The summed E-state index contributed by atoms with van der Waals surface area (Å²) in [5, 5.41) is 19.1. The van der Waals surface area contributed by atoms with Crippen molar-refractivity contribution < 1.29 is 9.84 Å². The highest BCUT2D eigenvalue weighted by Crippen LogP contribution is 2.30. The van der Waals surface area contributed by atoms with Crippen LogP contribution in [0.3, 0.4) is 0 Å². The van der Waals surface area contributed by atoms with Crippen LogP contribution in [0.2, 0.25) is 0 Å². The van der Waals surface area contributed by atoms with E-state index in [4.69, 9.17) is 14.7 Å². The Kier molecular flexibility index (Phi) is 6.10. The fraction of sp³-hybridized carbons (Fsp3) is 0.400. The van der Waals surface area contributed by atoms with Gasteiger partial charge in [0.2, 0.25) is 0 Å². The maximum atomic E-state index is 9.92. The lowest BCUT2D eigenvalue weighted by molar-refractivity contribution is 0.145.